The lowest BCUT2D eigenvalue weighted by atomic mass is 9.92. The van der Waals surface area contributed by atoms with Crippen molar-refractivity contribution in [2.45, 2.75) is 36.7 Å². The van der Waals surface area contributed by atoms with Crippen LogP contribution in [0.25, 0.3) is 22.3 Å². The van der Waals surface area contributed by atoms with Crippen molar-refractivity contribution in [3.05, 3.63) is 70.1 Å². The monoisotopic (exact) mass is 656 g/mol. The average Bonchev–Trinajstić information content (AvgIpc) is 3.45. The Labute approximate surface area is 265 Å². The van der Waals surface area contributed by atoms with E-state index in [9.17, 15) is 34.8 Å². The number of methoxy groups -OCH3 is 2. The summed E-state index contributed by atoms with van der Waals surface area (Å²) in [6, 6.07) is 9.21. The smallest absolute Gasteiger partial charge is 0.348 e. The second-order valence-corrected chi connectivity index (χ2v) is 10.3. The molecule has 0 spiro atoms. The predicted octanol–water partition coefficient (Wildman–Crippen LogP) is 0.532. The van der Waals surface area contributed by atoms with Crippen molar-refractivity contribution in [2.24, 2.45) is 0 Å². The third-order valence-electron chi connectivity index (χ3n) is 7.26. The van der Waals surface area contributed by atoms with Crippen LogP contribution in [0.1, 0.15) is 11.8 Å². The number of aliphatic hydroxyl groups excluding tert-OH is 1. The number of ether oxygens (including phenoxy) is 3. The van der Waals surface area contributed by atoms with Crippen LogP contribution in [0.4, 0.5) is 5.82 Å². The summed E-state index contributed by atoms with van der Waals surface area (Å²) in [6.07, 6.45) is 3.77. The zero-order valence-corrected chi connectivity index (χ0v) is 25.2. The Morgan fingerprint density at radius 2 is 1.83 bits per heavy atom. The number of carboxylic acid groups (broad SMARTS) is 2. The molecule has 4 aromatic rings. The molecule has 0 fully saturated rings. The highest BCUT2D eigenvalue weighted by atomic mass is 35.5. The molecule has 3 aromatic heterocycles. The first kappa shape index (κ1) is 34.0. The topological polar surface area (TPSA) is 234 Å². The quantitative estimate of drug-likeness (QED) is 0.0708. The van der Waals surface area contributed by atoms with Crippen molar-refractivity contribution < 1.29 is 44.2 Å². The van der Waals surface area contributed by atoms with Gasteiger partial charge in [0.2, 0.25) is 5.28 Å². The number of nitrogens with two attached hydrogens (primary N) is 1. The van der Waals surface area contributed by atoms with Crippen molar-refractivity contribution in [1.29, 1.82) is 0 Å². The number of rotatable bonds is 14. The Bertz CT molecular complexity index is 1840. The number of carbonyl (C=O) groups is 2. The number of terminal acetylenes is 1. The van der Waals surface area contributed by atoms with Gasteiger partial charge in [-0.05, 0) is 34.9 Å². The number of nitrogen functional groups attached to an aromatic ring is 1. The number of anilines is 1. The number of imidazole rings is 1. The third-order valence-corrected chi connectivity index (χ3v) is 7.43. The highest BCUT2D eigenvalue weighted by Crippen LogP contribution is 2.31. The maximum absolute atomic E-state index is 12.8. The van der Waals surface area contributed by atoms with E-state index in [1.165, 1.54) is 35.9 Å². The van der Waals surface area contributed by atoms with Gasteiger partial charge in [0.05, 0.1) is 12.9 Å². The minimum absolute atomic E-state index is 0.0303. The largest absolute Gasteiger partial charge is 0.479 e. The molecule has 0 bridgehead atoms. The first-order valence-corrected chi connectivity index (χ1v) is 13.7. The van der Waals surface area contributed by atoms with E-state index in [0.29, 0.717) is 11.1 Å². The Morgan fingerprint density at radius 1 is 1.15 bits per heavy atom. The summed E-state index contributed by atoms with van der Waals surface area (Å²) >= 11 is 5.88. The zero-order valence-electron chi connectivity index (χ0n) is 24.4. The molecule has 1 aromatic carbocycles. The summed E-state index contributed by atoms with van der Waals surface area (Å²) in [4.78, 5) is 49.4. The number of aliphatic carboxylic acids is 2. The van der Waals surface area contributed by atoms with Gasteiger partial charge in [0.1, 0.15) is 18.4 Å². The minimum Gasteiger partial charge on any atom is -0.479 e. The van der Waals surface area contributed by atoms with E-state index in [-0.39, 0.29) is 40.1 Å². The summed E-state index contributed by atoms with van der Waals surface area (Å²) in [5, 5.41) is 42.4. The Kier molecular flexibility index (Phi) is 10.1. The van der Waals surface area contributed by atoms with Crippen LogP contribution in [-0.2, 0) is 37.0 Å². The van der Waals surface area contributed by atoms with Crippen LogP contribution in [0.3, 0.4) is 0 Å². The van der Waals surface area contributed by atoms with E-state index in [1.54, 1.807) is 18.3 Å². The van der Waals surface area contributed by atoms with E-state index in [1.807, 2.05) is 5.92 Å². The Morgan fingerprint density at radius 3 is 2.41 bits per heavy atom. The van der Waals surface area contributed by atoms with Gasteiger partial charge < -0.3 is 40.4 Å². The van der Waals surface area contributed by atoms with Gasteiger partial charge in [-0.2, -0.15) is 9.97 Å². The second kappa shape index (κ2) is 13.6. The summed E-state index contributed by atoms with van der Waals surface area (Å²) < 4.78 is 18.1. The van der Waals surface area contributed by atoms with E-state index in [2.05, 4.69) is 15.0 Å². The van der Waals surface area contributed by atoms with Crippen LogP contribution in [0.15, 0.2) is 53.7 Å². The number of fused-ring (bicyclic) bond motifs is 1. The van der Waals surface area contributed by atoms with Crippen LogP contribution >= 0.6 is 11.6 Å². The van der Waals surface area contributed by atoms with E-state index in [0.717, 1.165) is 18.0 Å². The van der Waals surface area contributed by atoms with Crippen molar-refractivity contribution in [1.82, 2.24) is 24.1 Å². The molecule has 0 unspecified atom stereocenters. The standard InChI is InChI=1S/C29H29ClN6O10/c1-4-28(43,24(38)36-14-32-20-21(31)33-27(30)34-22(20)36)19(45-3)13-46-29(25(39)40,26(41)42)12-16-7-9-17(10-8-16)18-6-5-11-35(15-44-2)23(18)37/h1,5-11,14,19,24,38,43H,12-13,15H2,2-3H3,(H,39,40)(H,41,42)(H2,31,33,34)/t19-,24-,28-/m1/s1. The minimum atomic E-state index is -2.90. The number of hydrogen-bond donors (Lipinski definition) is 5. The predicted molar refractivity (Wildman–Crippen MR) is 161 cm³/mol. The summed E-state index contributed by atoms with van der Waals surface area (Å²) in [5.41, 5.74) is 0.894. The number of aromatic nitrogens is 5. The molecule has 46 heavy (non-hydrogen) atoms. The molecule has 242 valence electrons. The fourth-order valence-electron chi connectivity index (χ4n) is 4.73. The van der Waals surface area contributed by atoms with Gasteiger partial charge in [0.15, 0.2) is 23.3 Å². The summed E-state index contributed by atoms with van der Waals surface area (Å²) in [6.45, 7) is -0.884. The molecule has 6 N–H and O–H groups in total. The average molecular weight is 657 g/mol. The zero-order chi connectivity index (χ0) is 33.8. The van der Waals surface area contributed by atoms with Gasteiger partial charge in [-0.1, -0.05) is 30.2 Å². The molecule has 0 aliphatic rings. The molecule has 0 aliphatic heterocycles. The lowest BCUT2D eigenvalue weighted by molar-refractivity contribution is -0.202. The van der Waals surface area contributed by atoms with E-state index in [4.69, 9.17) is 38.0 Å². The number of halogens is 1. The molecule has 0 aliphatic carbocycles. The lowest BCUT2D eigenvalue weighted by Crippen LogP contribution is -2.56. The second-order valence-electron chi connectivity index (χ2n) is 10.0. The maximum atomic E-state index is 12.8. The highest BCUT2D eigenvalue weighted by molar-refractivity contribution is 6.28. The lowest BCUT2D eigenvalue weighted by Gasteiger charge is -2.36. The van der Waals surface area contributed by atoms with Crippen LogP contribution in [0.5, 0.6) is 0 Å². The summed E-state index contributed by atoms with van der Waals surface area (Å²) in [7, 11) is 2.53. The molecule has 0 saturated heterocycles. The van der Waals surface area contributed by atoms with Gasteiger partial charge in [0.25, 0.3) is 11.2 Å². The molecule has 0 amide bonds. The maximum Gasteiger partial charge on any atom is 0.348 e. The van der Waals surface area contributed by atoms with Gasteiger partial charge in [-0.3, -0.25) is 13.9 Å². The first-order chi connectivity index (χ1) is 21.8. The normalized spacial score (nSPS) is 14.3. The molecule has 3 atom stereocenters. The Balaban J connectivity index is 1.62. The molecule has 16 nitrogen and oxygen atoms in total. The molecule has 0 saturated carbocycles. The van der Waals surface area contributed by atoms with Gasteiger partial charge >= 0.3 is 11.9 Å². The number of hydrogen-bond acceptors (Lipinski definition) is 12. The van der Waals surface area contributed by atoms with Crippen molar-refractivity contribution in [2.75, 3.05) is 26.6 Å². The number of carboxylic acids is 2. The van der Waals surface area contributed by atoms with Crippen molar-refractivity contribution >= 4 is 40.5 Å². The number of pyridine rings is 1. The van der Waals surface area contributed by atoms with Crippen molar-refractivity contribution in [3.8, 4) is 23.5 Å². The molecular formula is C29H29ClN6O10. The number of nitrogens with zero attached hydrogens (tertiary/aromatic N) is 5. The molecule has 3 heterocycles. The molecule has 17 heteroatoms. The molecule has 4 rings (SSSR count). The Hall–Kier alpha value is -4.89. The fraction of sp³-hybridized carbons (Fsp3) is 0.310. The van der Waals surface area contributed by atoms with Gasteiger partial charge in [0, 0.05) is 32.4 Å². The SMILES string of the molecule is C#C[C@@](O)([C@@H](COC(Cc1ccc(-c2cccn(COC)c2=O)cc1)(C(=O)O)C(=O)O)OC)[C@@H](O)n1cnc2c(N)nc(Cl)nc21. The van der Waals surface area contributed by atoms with Crippen molar-refractivity contribution in [3.63, 3.8) is 0 Å². The van der Waals surface area contributed by atoms with Crippen LogP contribution < -0.4 is 11.3 Å². The van der Waals surface area contributed by atoms with Gasteiger partial charge in [-0.15, -0.1) is 6.42 Å². The van der Waals surface area contributed by atoms with Crippen LogP contribution in [0.2, 0.25) is 5.28 Å². The van der Waals surface area contributed by atoms with Crippen LogP contribution in [0, 0.1) is 12.3 Å². The number of benzene rings is 1. The fourth-order valence-corrected chi connectivity index (χ4v) is 4.90. The summed E-state index contributed by atoms with van der Waals surface area (Å²) in [5.74, 6) is -1.84. The third kappa shape index (κ3) is 6.28. The molecular weight excluding hydrogens is 628 g/mol. The highest BCUT2D eigenvalue weighted by Gasteiger charge is 2.51. The van der Waals surface area contributed by atoms with Gasteiger partial charge in [-0.25, -0.2) is 14.6 Å². The van der Waals surface area contributed by atoms with Crippen LogP contribution in [-0.4, -0.2) is 94.6 Å². The van der Waals surface area contributed by atoms with E-state index < -0.39 is 48.5 Å². The first-order valence-electron chi connectivity index (χ1n) is 13.3. The van der Waals surface area contributed by atoms with E-state index >= 15 is 0 Å². The molecule has 0 radical (unpaired) electrons. The number of aliphatic hydroxyl groups is 2.